The number of hydrogen-bond donors (Lipinski definition) is 1. The van der Waals surface area contributed by atoms with Gasteiger partial charge < -0.3 is 10.0 Å². The summed E-state index contributed by atoms with van der Waals surface area (Å²) in [5.74, 6) is 0.168. The summed E-state index contributed by atoms with van der Waals surface area (Å²) in [6.45, 7) is 2.65. The molecule has 0 spiro atoms. The van der Waals surface area contributed by atoms with Crippen molar-refractivity contribution in [2.45, 2.75) is 39.0 Å². The number of rotatable bonds is 5. The minimum Gasteiger partial charge on any atom is -0.480 e. The summed E-state index contributed by atoms with van der Waals surface area (Å²) < 4.78 is 0. The maximum absolute atomic E-state index is 12.7. The van der Waals surface area contributed by atoms with E-state index in [1.54, 1.807) is 11.3 Å². The largest absolute Gasteiger partial charge is 0.480 e. The van der Waals surface area contributed by atoms with E-state index in [1.807, 2.05) is 5.38 Å². The van der Waals surface area contributed by atoms with Gasteiger partial charge in [-0.05, 0) is 49.5 Å². The molecule has 1 aromatic heterocycles. The van der Waals surface area contributed by atoms with Crippen LogP contribution in [0, 0.1) is 11.8 Å². The zero-order valence-electron chi connectivity index (χ0n) is 12.3. The molecular weight excluding hydrogens is 286 g/mol. The van der Waals surface area contributed by atoms with Crippen LogP contribution in [0.5, 0.6) is 0 Å². The Labute approximate surface area is 128 Å². The van der Waals surface area contributed by atoms with Gasteiger partial charge in [-0.2, -0.15) is 0 Å². The van der Waals surface area contributed by atoms with E-state index in [9.17, 15) is 9.59 Å². The van der Waals surface area contributed by atoms with Gasteiger partial charge in [-0.15, -0.1) is 11.3 Å². The van der Waals surface area contributed by atoms with Crippen molar-refractivity contribution in [1.29, 1.82) is 0 Å². The molecule has 1 aromatic rings. The fraction of sp³-hybridized carbons (Fsp3) is 0.625. The SMILES string of the molecule is CC1CCc2c(C(=O)N(CC(=O)O)CC3CC3)csc2C1. The first kappa shape index (κ1) is 14.6. The van der Waals surface area contributed by atoms with E-state index in [1.165, 1.54) is 15.3 Å². The number of carboxylic acid groups (broad SMARTS) is 1. The Morgan fingerprint density at radius 3 is 2.81 bits per heavy atom. The molecule has 1 N–H and O–H groups in total. The average Bonchev–Trinajstić information content (AvgIpc) is 3.14. The maximum Gasteiger partial charge on any atom is 0.323 e. The average molecular weight is 307 g/mol. The topological polar surface area (TPSA) is 57.6 Å². The number of hydrogen-bond acceptors (Lipinski definition) is 3. The van der Waals surface area contributed by atoms with Crippen LogP contribution < -0.4 is 0 Å². The van der Waals surface area contributed by atoms with Crippen molar-refractivity contribution in [3.05, 3.63) is 21.4 Å². The molecule has 1 amide bonds. The van der Waals surface area contributed by atoms with Crippen molar-refractivity contribution < 1.29 is 14.7 Å². The second kappa shape index (κ2) is 5.79. The minimum absolute atomic E-state index is 0.0867. The fourth-order valence-corrected chi connectivity index (χ4v) is 4.26. The molecule has 0 aliphatic heterocycles. The van der Waals surface area contributed by atoms with E-state index in [-0.39, 0.29) is 12.5 Å². The Morgan fingerprint density at radius 1 is 1.38 bits per heavy atom. The molecule has 2 aliphatic carbocycles. The second-order valence-corrected chi connectivity index (χ2v) is 7.39. The van der Waals surface area contributed by atoms with Crippen LogP contribution in [0.4, 0.5) is 0 Å². The van der Waals surface area contributed by atoms with E-state index < -0.39 is 5.97 Å². The highest BCUT2D eigenvalue weighted by atomic mass is 32.1. The van der Waals surface area contributed by atoms with Gasteiger partial charge in [-0.1, -0.05) is 6.92 Å². The third-order valence-electron chi connectivity index (χ3n) is 4.42. The van der Waals surface area contributed by atoms with Crippen molar-refractivity contribution in [3.8, 4) is 0 Å². The van der Waals surface area contributed by atoms with Crippen LogP contribution in [0.15, 0.2) is 5.38 Å². The van der Waals surface area contributed by atoms with Crippen molar-refractivity contribution in [1.82, 2.24) is 4.90 Å². The number of amides is 1. The van der Waals surface area contributed by atoms with Crippen LogP contribution in [-0.2, 0) is 17.6 Å². The summed E-state index contributed by atoms with van der Waals surface area (Å²) >= 11 is 1.66. The van der Waals surface area contributed by atoms with Gasteiger partial charge in [0.05, 0.1) is 5.56 Å². The number of nitrogens with zero attached hydrogens (tertiary/aromatic N) is 1. The highest BCUT2D eigenvalue weighted by Gasteiger charge is 2.31. The Bertz CT molecular complexity index is 562. The number of carbonyl (C=O) groups excluding carboxylic acids is 1. The molecule has 1 unspecified atom stereocenters. The third-order valence-corrected chi connectivity index (χ3v) is 5.47. The van der Waals surface area contributed by atoms with Gasteiger partial charge in [-0.3, -0.25) is 9.59 Å². The van der Waals surface area contributed by atoms with Crippen molar-refractivity contribution in [2.75, 3.05) is 13.1 Å². The summed E-state index contributed by atoms with van der Waals surface area (Å²) in [5.41, 5.74) is 1.93. The van der Waals surface area contributed by atoms with E-state index in [0.717, 1.165) is 37.7 Å². The van der Waals surface area contributed by atoms with Gasteiger partial charge >= 0.3 is 5.97 Å². The summed E-state index contributed by atoms with van der Waals surface area (Å²) in [5, 5.41) is 11.0. The highest BCUT2D eigenvalue weighted by Crippen LogP contribution is 2.34. The van der Waals surface area contributed by atoms with Crippen molar-refractivity contribution in [2.24, 2.45) is 11.8 Å². The van der Waals surface area contributed by atoms with E-state index in [0.29, 0.717) is 18.4 Å². The molecular formula is C16H21NO3S. The maximum atomic E-state index is 12.7. The lowest BCUT2D eigenvalue weighted by Gasteiger charge is -2.23. The molecule has 1 heterocycles. The van der Waals surface area contributed by atoms with Crippen molar-refractivity contribution in [3.63, 3.8) is 0 Å². The van der Waals surface area contributed by atoms with Crippen molar-refractivity contribution >= 4 is 23.2 Å². The van der Waals surface area contributed by atoms with E-state index >= 15 is 0 Å². The predicted molar refractivity (Wildman–Crippen MR) is 81.8 cm³/mol. The number of thiophene rings is 1. The summed E-state index contributed by atoms with van der Waals surface area (Å²) in [6.07, 6.45) is 5.34. The molecule has 1 atom stereocenters. The molecule has 2 aliphatic rings. The van der Waals surface area contributed by atoms with Gasteiger partial charge in [0, 0.05) is 16.8 Å². The van der Waals surface area contributed by atoms with Crippen LogP contribution in [0.2, 0.25) is 0 Å². The molecule has 0 aromatic carbocycles. The first-order chi connectivity index (χ1) is 10.0. The number of aliphatic carboxylic acids is 1. The van der Waals surface area contributed by atoms with Crippen LogP contribution in [-0.4, -0.2) is 35.0 Å². The van der Waals surface area contributed by atoms with Gasteiger partial charge in [0.15, 0.2) is 0 Å². The van der Waals surface area contributed by atoms with E-state index in [4.69, 9.17) is 5.11 Å². The molecule has 3 rings (SSSR count). The standard InChI is InChI=1S/C16H21NO3S/c1-10-2-5-12-13(9-21-14(12)6-10)16(20)17(8-15(18)19)7-11-3-4-11/h9-11H,2-8H2,1H3,(H,18,19). The summed E-state index contributed by atoms with van der Waals surface area (Å²) in [4.78, 5) is 26.6. The number of fused-ring (bicyclic) bond motifs is 1. The summed E-state index contributed by atoms with van der Waals surface area (Å²) in [6, 6.07) is 0. The Morgan fingerprint density at radius 2 is 2.14 bits per heavy atom. The normalized spacial score (nSPS) is 20.9. The molecule has 0 saturated heterocycles. The molecule has 5 heteroatoms. The van der Waals surface area contributed by atoms with Crippen LogP contribution in [0.3, 0.4) is 0 Å². The second-order valence-electron chi connectivity index (χ2n) is 6.42. The lowest BCUT2D eigenvalue weighted by atomic mass is 9.88. The summed E-state index contributed by atoms with van der Waals surface area (Å²) in [7, 11) is 0. The smallest absolute Gasteiger partial charge is 0.323 e. The van der Waals surface area contributed by atoms with E-state index in [2.05, 4.69) is 6.92 Å². The zero-order valence-corrected chi connectivity index (χ0v) is 13.1. The first-order valence-corrected chi connectivity index (χ1v) is 8.53. The van der Waals surface area contributed by atoms with Gasteiger partial charge in [-0.25, -0.2) is 0 Å². The molecule has 1 fully saturated rings. The van der Waals surface area contributed by atoms with Crippen LogP contribution in [0.25, 0.3) is 0 Å². The lowest BCUT2D eigenvalue weighted by molar-refractivity contribution is -0.137. The first-order valence-electron chi connectivity index (χ1n) is 7.65. The fourth-order valence-electron chi connectivity index (χ4n) is 3.02. The zero-order chi connectivity index (χ0) is 15.0. The quantitative estimate of drug-likeness (QED) is 0.910. The molecule has 4 nitrogen and oxygen atoms in total. The van der Waals surface area contributed by atoms with Gasteiger partial charge in [0.25, 0.3) is 5.91 Å². The Balaban J connectivity index is 1.80. The molecule has 0 radical (unpaired) electrons. The molecule has 114 valence electrons. The predicted octanol–water partition coefficient (Wildman–Crippen LogP) is 2.81. The van der Waals surface area contributed by atoms with Crippen LogP contribution >= 0.6 is 11.3 Å². The highest BCUT2D eigenvalue weighted by molar-refractivity contribution is 7.10. The monoisotopic (exact) mass is 307 g/mol. The molecule has 0 bridgehead atoms. The molecule has 21 heavy (non-hydrogen) atoms. The lowest BCUT2D eigenvalue weighted by Crippen LogP contribution is -2.37. The Hall–Kier alpha value is -1.36. The van der Waals surface area contributed by atoms with Gasteiger partial charge in [0.1, 0.15) is 6.54 Å². The molecule has 1 saturated carbocycles. The Kier molecular flexibility index (Phi) is 4.02. The third kappa shape index (κ3) is 3.28. The van der Waals surface area contributed by atoms with Gasteiger partial charge in [0.2, 0.25) is 0 Å². The number of carboxylic acids is 1. The number of carbonyl (C=O) groups is 2. The minimum atomic E-state index is -0.929. The van der Waals surface area contributed by atoms with Crippen LogP contribution in [0.1, 0.15) is 47.0 Å².